The van der Waals surface area contributed by atoms with Crippen molar-refractivity contribution in [3.63, 3.8) is 0 Å². The van der Waals surface area contributed by atoms with Crippen molar-refractivity contribution in [2.45, 2.75) is 32.1 Å². The predicted molar refractivity (Wildman–Crippen MR) is 93.1 cm³/mol. The van der Waals surface area contributed by atoms with Crippen LogP contribution in [-0.2, 0) is 12.8 Å². The van der Waals surface area contributed by atoms with Crippen LogP contribution in [-0.4, -0.2) is 10.9 Å². The Morgan fingerprint density at radius 1 is 1.13 bits per heavy atom. The molecule has 0 saturated carbocycles. The van der Waals surface area contributed by atoms with Gasteiger partial charge in [0, 0.05) is 4.88 Å². The minimum Gasteiger partial charge on any atom is -0.297 e. The molecule has 2 heterocycles. The maximum Gasteiger partial charge on any atom is 0.267 e. The first kappa shape index (κ1) is 14.8. The van der Waals surface area contributed by atoms with E-state index in [-0.39, 0.29) is 11.7 Å². The van der Waals surface area contributed by atoms with Crippen LogP contribution in [0.5, 0.6) is 0 Å². The zero-order valence-corrected chi connectivity index (χ0v) is 14.0. The predicted octanol–water partition coefficient (Wildman–Crippen LogP) is 5.02. The number of aromatic nitrogens is 1. The number of carbonyl (C=O) groups excluding carboxylic acids is 1. The van der Waals surface area contributed by atoms with Gasteiger partial charge in [0.05, 0.1) is 15.1 Å². The molecule has 0 aliphatic heterocycles. The van der Waals surface area contributed by atoms with E-state index in [1.54, 1.807) is 17.4 Å². The highest BCUT2D eigenvalue weighted by Gasteiger charge is 2.17. The maximum atomic E-state index is 13.2. The first-order chi connectivity index (χ1) is 11.2. The smallest absolute Gasteiger partial charge is 0.267 e. The Balaban J connectivity index is 1.56. The Kier molecular flexibility index (Phi) is 3.87. The van der Waals surface area contributed by atoms with Gasteiger partial charge in [0.25, 0.3) is 5.91 Å². The van der Waals surface area contributed by atoms with Gasteiger partial charge in [-0.3, -0.25) is 10.1 Å². The summed E-state index contributed by atoms with van der Waals surface area (Å²) in [6.07, 6.45) is 5.82. The topological polar surface area (TPSA) is 42.0 Å². The number of nitrogens with zero attached hydrogens (tertiary/aromatic N) is 1. The first-order valence-corrected chi connectivity index (χ1v) is 9.31. The lowest BCUT2D eigenvalue weighted by Gasteiger charge is -1.98. The van der Waals surface area contributed by atoms with Crippen molar-refractivity contribution in [2.75, 3.05) is 5.32 Å². The number of thiazole rings is 1. The molecular formula is C17H15FN2OS2. The Morgan fingerprint density at radius 2 is 2.00 bits per heavy atom. The number of hydrogen-bond acceptors (Lipinski definition) is 4. The molecule has 1 N–H and O–H groups in total. The van der Waals surface area contributed by atoms with E-state index in [1.165, 1.54) is 53.2 Å². The fourth-order valence-corrected chi connectivity index (χ4v) is 4.92. The Hall–Kier alpha value is -1.79. The third-order valence-electron chi connectivity index (χ3n) is 4.04. The van der Waals surface area contributed by atoms with Crippen LogP contribution < -0.4 is 5.32 Å². The molecule has 1 aromatic carbocycles. The van der Waals surface area contributed by atoms with Gasteiger partial charge in [0.2, 0.25) is 0 Å². The van der Waals surface area contributed by atoms with E-state index in [9.17, 15) is 9.18 Å². The molecule has 1 aliphatic carbocycles. The molecule has 0 radical (unpaired) electrons. The number of hydrogen-bond donors (Lipinski definition) is 1. The normalized spacial score (nSPS) is 14.5. The number of carbonyl (C=O) groups is 1. The monoisotopic (exact) mass is 346 g/mol. The summed E-state index contributed by atoms with van der Waals surface area (Å²) in [7, 11) is 0. The summed E-state index contributed by atoms with van der Waals surface area (Å²) in [6, 6.07) is 6.47. The summed E-state index contributed by atoms with van der Waals surface area (Å²) < 4.78 is 14.0. The van der Waals surface area contributed by atoms with E-state index in [4.69, 9.17) is 0 Å². The zero-order valence-electron chi connectivity index (χ0n) is 12.4. The number of benzene rings is 1. The molecule has 0 spiro atoms. The fraction of sp³-hybridized carbons (Fsp3) is 0.294. The second-order valence-electron chi connectivity index (χ2n) is 5.70. The van der Waals surface area contributed by atoms with Crippen molar-refractivity contribution in [2.24, 2.45) is 0 Å². The summed E-state index contributed by atoms with van der Waals surface area (Å²) >= 11 is 2.88. The number of fused-ring (bicyclic) bond motifs is 2. The Bertz CT molecular complexity index is 860. The zero-order chi connectivity index (χ0) is 15.8. The highest BCUT2D eigenvalue weighted by atomic mass is 32.1. The third kappa shape index (κ3) is 3.01. The van der Waals surface area contributed by atoms with E-state index in [0.717, 1.165) is 22.4 Å². The minimum absolute atomic E-state index is 0.123. The molecule has 0 atom stereocenters. The molecule has 4 rings (SSSR count). The van der Waals surface area contributed by atoms with Crippen LogP contribution in [0, 0.1) is 5.82 Å². The van der Waals surface area contributed by atoms with Crippen molar-refractivity contribution < 1.29 is 9.18 Å². The van der Waals surface area contributed by atoms with Crippen LogP contribution >= 0.6 is 22.7 Å². The van der Waals surface area contributed by atoms with Crippen molar-refractivity contribution >= 4 is 43.9 Å². The van der Waals surface area contributed by atoms with Gasteiger partial charge in [0.15, 0.2) is 5.13 Å². The Labute approximate surface area is 141 Å². The highest BCUT2D eigenvalue weighted by molar-refractivity contribution is 7.22. The summed E-state index contributed by atoms with van der Waals surface area (Å²) in [5.74, 6) is -0.413. The number of thiophene rings is 1. The number of nitrogens with one attached hydrogen (secondary N) is 1. The van der Waals surface area contributed by atoms with Crippen LogP contribution in [0.4, 0.5) is 9.52 Å². The van der Waals surface area contributed by atoms with Crippen molar-refractivity contribution in [3.8, 4) is 0 Å². The van der Waals surface area contributed by atoms with Gasteiger partial charge in [-0.1, -0.05) is 17.8 Å². The number of rotatable bonds is 2. The van der Waals surface area contributed by atoms with Crippen molar-refractivity contribution in [1.29, 1.82) is 0 Å². The van der Waals surface area contributed by atoms with Crippen LogP contribution in [0.2, 0.25) is 0 Å². The fourth-order valence-electron chi connectivity index (χ4n) is 2.89. The van der Waals surface area contributed by atoms with Gasteiger partial charge in [-0.15, -0.1) is 11.3 Å². The SMILES string of the molecule is O=C(Nc1nc2ccc(F)cc2s1)c1cc2c(s1)CCCCC2. The summed E-state index contributed by atoms with van der Waals surface area (Å²) in [5, 5.41) is 3.36. The average Bonchev–Trinajstić information content (AvgIpc) is 3.04. The molecular weight excluding hydrogens is 331 g/mol. The van der Waals surface area contributed by atoms with Gasteiger partial charge in [0.1, 0.15) is 5.82 Å². The van der Waals surface area contributed by atoms with Crippen LogP contribution in [0.1, 0.15) is 39.4 Å². The second kappa shape index (κ2) is 6.02. The van der Waals surface area contributed by atoms with Crippen LogP contribution in [0.25, 0.3) is 10.2 Å². The molecule has 1 aliphatic rings. The molecule has 0 unspecified atom stereocenters. The molecule has 3 aromatic rings. The van der Waals surface area contributed by atoms with Gasteiger partial charge in [-0.25, -0.2) is 9.37 Å². The molecule has 23 heavy (non-hydrogen) atoms. The number of amides is 1. The van der Waals surface area contributed by atoms with Crippen molar-refractivity contribution in [1.82, 2.24) is 4.98 Å². The van der Waals surface area contributed by atoms with Gasteiger partial charge >= 0.3 is 0 Å². The average molecular weight is 346 g/mol. The lowest BCUT2D eigenvalue weighted by Crippen LogP contribution is -2.09. The van der Waals surface area contributed by atoms with E-state index >= 15 is 0 Å². The lowest BCUT2D eigenvalue weighted by molar-refractivity contribution is 0.103. The molecule has 2 aromatic heterocycles. The van der Waals surface area contributed by atoms with Crippen LogP contribution in [0.15, 0.2) is 24.3 Å². The number of anilines is 1. The number of halogens is 1. The quantitative estimate of drug-likeness (QED) is 0.662. The van der Waals surface area contributed by atoms with E-state index in [1.807, 2.05) is 6.07 Å². The largest absolute Gasteiger partial charge is 0.297 e. The molecule has 6 heteroatoms. The van der Waals surface area contributed by atoms with E-state index in [2.05, 4.69) is 10.3 Å². The standard InChI is InChI=1S/C17H15FN2OS2/c18-11-6-7-12-14(9-11)23-17(19-12)20-16(21)15-8-10-4-2-1-3-5-13(10)22-15/h6-9H,1-5H2,(H,19,20,21). The summed E-state index contributed by atoms with van der Waals surface area (Å²) in [4.78, 5) is 18.9. The molecule has 0 fully saturated rings. The molecule has 118 valence electrons. The highest BCUT2D eigenvalue weighted by Crippen LogP contribution is 2.31. The maximum absolute atomic E-state index is 13.2. The molecule has 0 bridgehead atoms. The minimum atomic E-state index is -0.291. The van der Waals surface area contributed by atoms with E-state index < -0.39 is 0 Å². The number of aryl methyl sites for hydroxylation is 2. The summed E-state index contributed by atoms with van der Waals surface area (Å²) in [6.45, 7) is 0. The van der Waals surface area contributed by atoms with E-state index in [0.29, 0.717) is 10.6 Å². The first-order valence-electron chi connectivity index (χ1n) is 7.68. The third-order valence-corrected chi connectivity index (χ3v) is 6.21. The lowest BCUT2D eigenvalue weighted by atomic mass is 10.1. The van der Waals surface area contributed by atoms with Crippen molar-refractivity contribution in [3.05, 3.63) is 45.4 Å². The Morgan fingerprint density at radius 3 is 2.91 bits per heavy atom. The molecule has 3 nitrogen and oxygen atoms in total. The summed E-state index contributed by atoms with van der Waals surface area (Å²) in [5.41, 5.74) is 2.03. The van der Waals surface area contributed by atoms with Crippen LogP contribution in [0.3, 0.4) is 0 Å². The molecule has 1 amide bonds. The van der Waals surface area contributed by atoms with Gasteiger partial charge in [-0.05, 0) is 55.5 Å². The van der Waals surface area contributed by atoms with Gasteiger partial charge in [-0.2, -0.15) is 0 Å². The van der Waals surface area contributed by atoms with Gasteiger partial charge < -0.3 is 0 Å². The molecule has 0 saturated heterocycles. The second-order valence-corrected chi connectivity index (χ2v) is 7.87.